The zero-order valence-corrected chi connectivity index (χ0v) is 11.1. The lowest BCUT2D eigenvalue weighted by Crippen LogP contribution is -2.08. The van der Waals surface area contributed by atoms with Gasteiger partial charge in [0.15, 0.2) is 0 Å². The lowest BCUT2D eigenvalue weighted by atomic mass is 10.1. The Morgan fingerprint density at radius 1 is 1.00 bits per heavy atom. The van der Waals surface area contributed by atoms with Gasteiger partial charge in [-0.25, -0.2) is 4.79 Å². The Labute approximate surface area is 114 Å². The summed E-state index contributed by atoms with van der Waals surface area (Å²) in [6.45, 7) is 0. The maximum atomic E-state index is 11.8. The van der Waals surface area contributed by atoms with Crippen LogP contribution in [0.1, 0.15) is 15.9 Å². The molecule has 0 atom stereocenters. The molecule has 0 saturated heterocycles. The molecule has 0 aliphatic heterocycles. The van der Waals surface area contributed by atoms with Crippen molar-refractivity contribution in [3.8, 4) is 5.75 Å². The van der Waals surface area contributed by atoms with E-state index in [-0.39, 0.29) is 5.97 Å². The summed E-state index contributed by atoms with van der Waals surface area (Å²) in [5.41, 5.74) is 1.55. The second kappa shape index (κ2) is 6.17. The summed E-state index contributed by atoms with van der Waals surface area (Å²) >= 11 is 3.21. The molecule has 0 spiro atoms. The number of halogens is 1. The molecule has 3 heteroatoms. The highest BCUT2D eigenvalue weighted by Gasteiger charge is 2.07. The number of rotatable bonds is 3. The van der Waals surface area contributed by atoms with Crippen molar-refractivity contribution in [2.24, 2.45) is 0 Å². The van der Waals surface area contributed by atoms with Gasteiger partial charge in [0.25, 0.3) is 0 Å². The smallest absolute Gasteiger partial charge is 0.343 e. The maximum absolute atomic E-state index is 11.8. The van der Waals surface area contributed by atoms with E-state index in [1.54, 1.807) is 29.3 Å². The van der Waals surface area contributed by atoms with Crippen molar-refractivity contribution in [2.75, 3.05) is 0 Å². The van der Waals surface area contributed by atoms with Crippen LogP contribution in [0.25, 0.3) is 6.08 Å². The van der Waals surface area contributed by atoms with Gasteiger partial charge in [0.2, 0.25) is 0 Å². The molecule has 0 aliphatic rings. The van der Waals surface area contributed by atoms with Crippen molar-refractivity contribution >= 4 is 28.0 Å². The van der Waals surface area contributed by atoms with E-state index in [1.807, 2.05) is 36.4 Å². The van der Waals surface area contributed by atoms with Crippen LogP contribution in [-0.2, 0) is 0 Å². The van der Waals surface area contributed by atoms with Crippen LogP contribution in [-0.4, -0.2) is 5.97 Å². The molecule has 0 radical (unpaired) electrons. The predicted octanol–water partition coefficient (Wildman–Crippen LogP) is 4.27. The monoisotopic (exact) mass is 302 g/mol. The summed E-state index contributed by atoms with van der Waals surface area (Å²) in [7, 11) is 0. The molecule has 0 heterocycles. The standard InChI is InChI=1S/C15H11BrO2/c16-11-10-12-6-8-13(9-7-12)15(17)18-14-4-2-1-3-5-14/h1-11H/b11-10+. The first-order chi connectivity index (χ1) is 8.79. The number of hydrogen-bond acceptors (Lipinski definition) is 2. The highest BCUT2D eigenvalue weighted by molar-refractivity contribution is 9.11. The number of benzene rings is 2. The van der Waals surface area contributed by atoms with E-state index in [2.05, 4.69) is 15.9 Å². The molecular weight excluding hydrogens is 292 g/mol. The molecule has 2 rings (SSSR count). The van der Waals surface area contributed by atoms with Crippen molar-refractivity contribution in [2.45, 2.75) is 0 Å². The SMILES string of the molecule is O=C(Oc1ccccc1)c1ccc(/C=C/Br)cc1. The molecule has 2 aromatic carbocycles. The predicted molar refractivity (Wildman–Crippen MR) is 75.8 cm³/mol. The number of esters is 1. The van der Waals surface area contributed by atoms with Crippen molar-refractivity contribution in [3.63, 3.8) is 0 Å². The van der Waals surface area contributed by atoms with E-state index < -0.39 is 0 Å². The average molecular weight is 303 g/mol. The Bertz CT molecular complexity index is 544. The van der Waals surface area contributed by atoms with Crippen molar-refractivity contribution in [1.82, 2.24) is 0 Å². The van der Waals surface area contributed by atoms with Crippen LogP contribution in [0.2, 0.25) is 0 Å². The van der Waals surface area contributed by atoms with Gasteiger partial charge in [-0.15, -0.1) is 0 Å². The van der Waals surface area contributed by atoms with Gasteiger partial charge in [0.1, 0.15) is 5.75 Å². The van der Waals surface area contributed by atoms with Gasteiger partial charge in [-0.05, 0) is 40.9 Å². The molecule has 0 aromatic heterocycles. The fourth-order valence-corrected chi connectivity index (χ4v) is 1.76. The molecule has 0 aliphatic carbocycles. The number of ether oxygens (including phenoxy) is 1. The summed E-state index contributed by atoms with van der Waals surface area (Å²) in [6.07, 6.45) is 1.90. The third-order valence-electron chi connectivity index (χ3n) is 2.36. The molecule has 0 amide bonds. The third-order valence-corrected chi connectivity index (χ3v) is 2.62. The fourth-order valence-electron chi connectivity index (χ4n) is 1.46. The molecule has 2 nitrogen and oxygen atoms in total. The van der Waals surface area contributed by atoms with E-state index in [0.717, 1.165) is 5.56 Å². The van der Waals surface area contributed by atoms with Crippen molar-refractivity contribution in [3.05, 3.63) is 70.7 Å². The van der Waals surface area contributed by atoms with Crippen LogP contribution in [0.15, 0.2) is 59.6 Å². The maximum Gasteiger partial charge on any atom is 0.343 e. The molecule has 0 bridgehead atoms. The largest absolute Gasteiger partial charge is 0.423 e. The Morgan fingerprint density at radius 2 is 1.67 bits per heavy atom. The van der Waals surface area contributed by atoms with Gasteiger partial charge in [-0.3, -0.25) is 0 Å². The third kappa shape index (κ3) is 3.31. The molecule has 18 heavy (non-hydrogen) atoms. The average Bonchev–Trinajstić information content (AvgIpc) is 2.41. The van der Waals surface area contributed by atoms with E-state index in [9.17, 15) is 4.79 Å². The van der Waals surface area contributed by atoms with E-state index >= 15 is 0 Å². The second-order valence-corrected chi connectivity index (χ2v) is 4.15. The molecule has 0 N–H and O–H groups in total. The topological polar surface area (TPSA) is 26.3 Å². The highest BCUT2D eigenvalue weighted by Crippen LogP contribution is 2.13. The first-order valence-corrected chi connectivity index (χ1v) is 6.35. The van der Waals surface area contributed by atoms with Crippen LogP contribution < -0.4 is 4.74 Å². The summed E-state index contributed by atoms with van der Waals surface area (Å²) in [5, 5.41) is 0. The molecule has 0 fully saturated rings. The zero-order chi connectivity index (χ0) is 12.8. The van der Waals surface area contributed by atoms with Crippen LogP contribution in [0, 0.1) is 0 Å². The molecule has 90 valence electrons. The lowest BCUT2D eigenvalue weighted by Gasteiger charge is -2.04. The quantitative estimate of drug-likeness (QED) is 0.625. The summed E-state index contributed by atoms with van der Waals surface area (Å²) in [4.78, 5) is 13.6. The minimum atomic E-state index is -0.351. The van der Waals surface area contributed by atoms with Crippen LogP contribution in [0.5, 0.6) is 5.75 Å². The summed E-state index contributed by atoms with van der Waals surface area (Å²) in [6, 6.07) is 16.2. The second-order valence-electron chi connectivity index (χ2n) is 3.62. The molecule has 0 saturated carbocycles. The number of para-hydroxylation sites is 1. The Balaban J connectivity index is 2.09. The van der Waals surface area contributed by atoms with Gasteiger partial charge in [0.05, 0.1) is 5.56 Å². The minimum Gasteiger partial charge on any atom is -0.423 e. The van der Waals surface area contributed by atoms with Gasteiger partial charge in [-0.2, -0.15) is 0 Å². The summed E-state index contributed by atoms with van der Waals surface area (Å²) in [5.74, 6) is 0.197. The lowest BCUT2D eigenvalue weighted by molar-refractivity contribution is 0.0735. The normalized spacial score (nSPS) is 10.5. The molecular formula is C15H11BrO2. The van der Waals surface area contributed by atoms with E-state index in [0.29, 0.717) is 11.3 Å². The van der Waals surface area contributed by atoms with Crippen LogP contribution in [0.4, 0.5) is 0 Å². The minimum absolute atomic E-state index is 0.351. The van der Waals surface area contributed by atoms with Gasteiger partial charge in [-0.1, -0.05) is 46.3 Å². The van der Waals surface area contributed by atoms with Gasteiger partial charge < -0.3 is 4.74 Å². The number of hydrogen-bond donors (Lipinski definition) is 0. The first-order valence-electron chi connectivity index (χ1n) is 5.43. The molecule has 0 unspecified atom stereocenters. The summed E-state index contributed by atoms with van der Waals surface area (Å²) < 4.78 is 5.23. The first kappa shape index (κ1) is 12.6. The zero-order valence-electron chi connectivity index (χ0n) is 9.55. The van der Waals surface area contributed by atoms with Gasteiger partial charge >= 0.3 is 5.97 Å². The fraction of sp³-hybridized carbons (Fsp3) is 0. The van der Waals surface area contributed by atoms with Crippen molar-refractivity contribution < 1.29 is 9.53 Å². The van der Waals surface area contributed by atoms with E-state index in [1.165, 1.54) is 0 Å². The highest BCUT2D eigenvalue weighted by atomic mass is 79.9. The van der Waals surface area contributed by atoms with Crippen molar-refractivity contribution in [1.29, 1.82) is 0 Å². The Morgan fingerprint density at radius 3 is 2.28 bits per heavy atom. The van der Waals surface area contributed by atoms with Crippen LogP contribution >= 0.6 is 15.9 Å². The number of carbonyl (C=O) groups excluding carboxylic acids is 1. The molecule has 2 aromatic rings. The Kier molecular flexibility index (Phi) is 4.31. The Hall–Kier alpha value is -1.87. The van der Waals surface area contributed by atoms with E-state index in [4.69, 9.17) is 4.74 Å². The van der Waals surface area contributed by atoms with Crippen LogP contribution in [0.3, 0.4) is 0 Å². The van der Waals surface area contributed by atoms with Gasteiger partial charge in [0, 0.05) is 0 Å². The number of carbonyl (C=O) groups is 1.